The van der Waals surface area contributed by atoms with Crippen LogP contribution in [0, 0.1) is 17.8 Å². The summed E-state index contributed by atoms with van der Waals surface area (Å²) in [5.74, 6) is -1.96. The first-order chi connectivity index (χ1) is 26.7. The molecule has 6 amide bonds. The van der Waals surface area contributed by atoms with E-state index in [1.54, 1.807) is 0 Å². The maximum Gasteiger partial charge on any atom is 0.315 e. The van der Waals surface area contributed by atoms with Gasteiger partial charge in [0.25, 0.3) is 5.91 Å². The molecule has 6 N–H and O–H groups in total. The Morgan fingerprint density at radius 2 is 1.29 bits per heavy atom. The van der Waals surface area contributed by atoms with Crippen LogP contribution in [-0.2, 0) is 24.0 Å². The van der Waals surface area contributed by atoms with Crippen LogP contribution in [0.3, 0.4) is 0 Å². The number of Topliss-reactive ketones (excluding diaryl/α,β-unsaturated/α-hetero) is 1. The first kappa shape index (κ1) is 43.5. The van der Waals surface area contributed by atoms with Crippen LogP contribution >= 0.6 is 0 Å². The number of rotatable bonds is 19. The SMILES string of the molecule is CC(=O)C1(N=NC2CCC(C(=O)NC3CC(C(=O)NCCCCCN(C)C)CC(C(=O)NCCCCCN(C)C)C3)CC2)C(=O)NC12CCC1NC(=O)NC1C2. The minimum absolute atomic E-state index is 0.0469. The molecule has 6 atom stereocenters. The second kappa shape index (κ2) is 19.7. The molecule has 0 aromatic heterocycles. The number of hydrogen-bond acceptors (Lipinski definition) is 10. The van der Waals surface area contributed by atoms with Crippen LogP contribution in [-0.4, -0.2) is 135 Å². The third-order valence-electron chi connectivity index (χ3n) is 12.8. The molecular formula is C40H68N10O6. The van der Waals surface area contributed by atoms with Crippen molar-refractivity contribution < 1.29 is 28.8 Å². The summed E-state index contributed by atoms with van der Waals surface area (Å²) in [6.07, 6.45) is 11.3. The van der Waals surface area contributed by atoms with Gasteiger partial charge in [-0.05, 0) is 138 Å². The van der Waals surface area contributed by atoms with Gasteiger partial charge in [0.1, 0.15) is 0 Å². The fourth-order valence-corrected chi connectivity index (χ4v) is 9.61. The summed E-state index contributed by atoms with van der Waals surface area (Å²) in [4.78, 5) is 82.9. The van der Waals surface area contributed by atoms with Crippen LogP contribution in [0.2, 0.25) is 0 Å². The first-order valence-corrected chi connectivity index (χ1v) is 21.2. The largest absolute Gasteiger partial charge is 0.356 e. The number of fused-ring (bicyclic) bond motifs is 1. The Hall–Kier alpha value is -3.66. The lowest BCUT2D eigenvalue weighted by Crippen LogP contribution is -2.85. The molecule has 56 heavy (non-hydrogen) atoms. The van der Waals surface area contributed by atoms with E-state index in [0.717, 1.165) is 51.6 Å². The summed E-state index contributed by atoms with van der Waals surface area (Å²) in [5, 5.41) is 27.3. The molecule has 0 bridgehead atoms. The number of carbonyl (C=O) groups is 6. The van der Waals surface area contributed by atoms with Crippen LogP contribution in [0.5, 0.6) is 0 Å². The number of nitrogens with zero attached hydrogens (tertiary/aromatic N) is 4. The molecule has 16 heteroatoms. The number of unbranched alkanes of at least 4 members (excludes halogenated alkanes) is 4. The molecule has 3 aliphatic carbocycles. The van der Waals surface area contributed by atoms with Gasteiger partial charge in [-0.2, -0.15) is 10.2 Å². The number of urea groups is 1. The highest BCUT2D eigenvalue weighted by atomic mass is 16.2. The Morgan fingerprint density at radius 3 is 1.82 bits per heavy atom. The molecule has 2 heterocycles. The topological polar surface area (TPSA) is 206 Å². The van der Waals surface area contributed by atoms with Crippen LogP contribution in [0.15, 0.2) is 10.2 Å². The number of β-lactam (4-membered cyclic amide) rings is 1. The molecule has 2 saturated heterocycles. The first-order valence-electron chi connectivity index (χ1n) is 21.2. The van der Waals surface area contributed by atoms with Gasteiger partial charge in [0.05, 0.1) is 23.7 Å². The van der Waals surface area contributed by atoms with Gasteiger partial charge in [0.2, 0.25) is 23.3 Å². The number of nitrogens with one attached hydrogen (secondary N) is 6. The fraction of sp³-hybridized carbons (Fsp3) is 0.850. The van der Waals surface area contributed by atoms with E-state index < -0.39 is 17.0 Å². The van der Waals surface area contributed by atoms with E-state index in [1.807, 2.05) is 0 Å². The molecule has 2 aliphatic heterocycles. The monoisotopic (exact) mass is 785 g/mol. The van der Waals surface area contributed by atoms with Gasteiger partial charge in [-0.25, -0.2) is 4.79 Å². The molecule has 3 saturated carbocycles. The minimum Gasteiger partial charge on any atom is -0.356 e. The van der Waals surface area contributed by atoms with E-state index in [0.29, 0.717) is 77.3 Å². The summed E-state index contributed by atoms with van der Waals surface area (Å²) in [5.41, 5.74) is -2.51. The molecule has 314 valence electrons. The lowest BCUT2D eigenvalue weighted by Gasteiger charge is -2.57. The summed E-state index contributed by atoms with van der Waals surface area (Å²) in [7, 11) is 8.21. The average Bonchev–Trinajstić information content (AvgIpc) is 3.53. The van der Waals surface area contributed by atoms with Gasteiger partial charge in [-0.3, -0.25) is 24.0 Å². The zero-order valence-electron chi connectivity index (χ0n) is 34.4. The number of azo groups is 1. The van der Waals surface area contributed by atoms with Crippen molar-refractivity contribution >= 4 is 35.4 Å². The summed E-state index contributed by atoms with van der Waals surface area (Å²) in [6, 6.07) is -1.02. The number of amides is 6. The van der Waals surface area contributed by atoms with E-state index in [4.69, 9.17) is 0 Å². The summed E-state index contributed by atoms with van der Waals surface area (Å²) < 4.78 is 0. The van der Waals surface area contributed by atoms with Gasteiger partial charge in [-0.1, -0.05) is 12.8 Å². The quantitative estimate of drug-likeness (QED) is 0.0494. The molecule has 1 spiro atoms. The van der Waals surface area contributed by atoms with E-state index in [2.05, 4.69) is 80.1 Å². The van der Waals surface area contributed by atoms with Crippen LogP contribution in [0.25, 0.3) is 0 Å². The smallest absolute Gasteiger partial charge is 0.315 e. The molecule has 6 unspecified atom stereocenters. The lowest BCUT2D eigenvalue weighted by atomic mass is 9.58. The molecule has 5 rings (SSSR count). The van der Waals surface area contributed by atoms with Crippen molar-refractivity contribution in [1.29, 1.82) is 0 Å². The third-order valence-corrected chi connectivity index (χ3v) is 12.8. The van der Waals surface area contributed by atoms with E-state index in [9.17, 15) is 28.8 Å². The summed E-state index contributed by atoms with van der Waals surface area (Å²) in [6.45, 7) is 4.60. The van der Waals surface area contributed by atoms with Crippen molar-refractivity contribution in [2.75, 3.05) is 54.4 Å². The second-order valence-electron chi connectivity index (χ2n) is 17.7. The predicted octanol–water partition coefficient (Wildman–Crippen LogP) is 2.03. The van der Waals surface area contributed by atoms with Crippen molar-refractivity contribution in [1.82, 2.24) is 41.7 Å². The lowest BCUT2D eigenvalue weighted by molar-refractivity contribution is -0.155. The van der Waals surface area contributed by atoms with Gasteiger partial charge < -0.3 is 41.7 Å². The molecule has 0 aromatic carbocycles. The Kier molecular flexibility index (Phi) is 15.3. The highest BCUT2D eigenvalue weighted by Crippen LogP contribution is 2.48. The highest BCUT2D eigenvalue weighted by molar-refractivity contribution is 6.17. The van der Waals surface area contributed by atoms with Crippen LogP contribution in [0.4, 0.5) is 4.79 Å². The van der Waals surface area contributed by atoms with Crippen molar-refractivity contribution in [3.05, 3.63) is 0 Å². The van der Waals surface area contributed by atoms with Crippen molar-refractivity contribution in [3.8, 4) is 0 Å². The van der Waals surface area contributed by atoms with Gasteiger partial charge in [-0.15, -0.1) is 0 Å². The highest BCUT2D eigenvalue weighted by Gasteiger charge is 2.72. The second-order valence-corrected chi connectivity index (χ2v) is 17.7. The maximum atomic E-state index is 13.7. The molecule has 5 aliphatic rings. The molecule has 0 radical (unpaired) electrons. The molecular weight excluding hydrogens is 717 g/mol. The zero-order chi connectivity index (χ0) is 40.5. The van der Waals surface area contributed by atoms with E-state index >= 15 is 0 Å². The number of hydrogen-bond donors (Lipinski definition) is 6. The van der Waals surface area contributed by atoms with Gasteiger partial charge >= 0.3 is 6.03 Å². The normalized spacial score (nSPS) is 32.7. The van der Waals surface area contributed by atoms with Gasteiger partial charge in [0.15, 0.2) is 5.78 Å². The van der Waals surface area contributed by atoms with Gasteiger partial charge in [0, 0.05) is 36.9 Å². The number of ketones is 1. The fourth-order valence-electron chi connectivity index (χ4n) is 9.61. The maximum absolute atomic E-state index is 13.7. The van der Waals surface area contributed by atoms with Crippen molar-refractivity contribution in [2.24, 2.45) is 28.0 Å². The Morgan fingerprint density at radius 1 is 0.714 bits per heavy atom. The van der Waals surface area contributed by atoms with E-state index in [1.165, 1.54) is 6.92 Å². The Balaban J connectivity index is 1.14. The van der Waals surface area contributed by atoms with Crippen LogP contribution in [0.1, 0.15) is 110 Å². The minimum atomic E-state index is -1.62. The molecule has 16 nitrogen and oxygen atoms in total. The molecule has 5 fully saturated rings. The predicted molar refractivity (Wildman–Crippen MR) is 212 cm³/mol. The van der Waals surface area contributed by atoms with Crippen LogP contribution < -0.4 is 31.9 Å². The van der Waals surface area contributed by atoms with E-state index in [-0.39, 0.29) is 71.5 Å². The standard InChI is InChI=1S/C40H68N10O6/c1-26(51)40(37(55)46-39(40)17-16-32-33(25-39)45-38(56)44-32)48-47-30-14-12-27(13-15-30)36(54)43-31-23-28(34(52)41-18-8-6-10-20-49(2)3)22-29(24-31)35(53)42-19-9-7-11-21-50(4)5/h27-33H,6-25H2,1-5H3,(H,41,52)(H,42,53)(H,43,54)(H,46,55)(H2,44,45,56). The van der Waals surface area contributed by atoms with Crippen molar-refractivity contribution in [2.45, 2.75) is 145 Å². The summed E-state index contributed by atoms with van der Waals surface area (Å²) >= 11 is 0. The third kappa shape index (κ3) is 10.6. The number of carbonyl (C=O) groups excluding carboxylic acids is 6. The Labute approximate surface area is 332 Å². The Bertz CT molecular complexity index is 1400. The molecule has 0 aromatic rings. The average molecular weight is 785 g/mol. The zero-order valence-corrected chi connectivity index (χ0v) is 34.4. The van der Waals surface area contributed by atoms with Crippen molar-refractivity contribution in [3.63, 3.8) is 0 Å².